The van der Waals surface area contributed by atoms with Crippen LogP contribution in [0.4, 0.5) is 10.1 Å². The highest BCUT2D eigenvalue weighted by molar-refractivity contribution is 5.85. The van der Waals surface area contributed by atoms with Crippen LogP contribution < -0.4 is 4.90 Å². The molecule has 0 aromatic heterocycles. The number of carbonyl (C=O) groups excluding carboxylic acids is 1. The Hall–Kier alpha value is -2.16. The molecule has 0 saturated carbocycles. The van der Waals surface area contributed by atoms with Crippen molar-refractivity contribution in [3.63, 3.8) is 0 Å². The number of Topliss-reactive ketones (excluding diaryl/α,β-unsaturated/α-hetero) is 1. The first-order chi connectivity index (χ1) is 10.1. The van der Waals surface area contributed by atoms with Crippen LogP contribution in [-0.2, 0) is 11.2 Å². The van der Waals surface area contributed by atoms with Gasteiger partial charge in [-0.25, -0.2) is 4.39 Å². The lowest BCUT2D eigenvalue weighted by molar-refractivity contribution is -0.117. The molecule has 0 bridgehead atoms. The molecule has 2 nitrogen and oxygen atoms in total. The van der Waals surface area contributed by atoms with Gasteiger partial charge in [0.05, 0.1) is 6.54 Å². The average molecular weight is 285 g/mol. The van der Waals surface area contributed by atoms with Crippen LogP contribution in [0.5, 0.6) is 0 Å². The minimum Gasteiger partial charge on any atom is -0.364 e. The molecule has 0 saturated heterocycles. The summed E-state index contributed by atoms with van der Waals surface area (Å²) in [7, 11) is 0. The molecule has 0 aliphatic carbocycles. The fourth-order valence-electron chi connectivity index (χ4n) is 2.26. The van der Waals surface area contributed by atoms with E-state index in [1.807, 2.05) is 43.0 Å². The number of hydrogen-bond acceptors (Lipinski definition) is 2. The van der Waals surface area contributed by atoms with E-state index in [0.29, 0.717) is 12.1 Å². The molecule has 110 valence electrons. The van der Waals surface area contributed by atoms with Gasteiger partial charge in [-0.2, -0.15) is 0 Å². The van der Waals surface area contributed by atoms with Crippen LogP contribution in [0.15, 0.2) is 48.5 Å². The van der Waals surface area contributed by atoms with Crippen LogP contribution in [0.1, 0.15) is 18.1 Å². The first-order valence-corrected chi connectivity index (χ1v) is 7.17. The first-order valence-electron chi connectivity index (χ1n) is 7.17. The van der Waals surface area contributed by atoms with Gasteiger partial charge in [-0.3, -0.25) is 4.79 Å². The van der Waals surface area contributed by atoms with Gasteiger partial charge in [-0.05, 0) is 37.6 Å². The number of halogens is 1. The Morgan fingerprint density at radius 3 is 2.38 bits per heavy atom. The second kappa shape index (κ2) is 7.02. The molecule has 0 atom stereocenters. The summed E-state index contributed by atoms with van der Waals surface area (Å²) in [6, 6.07) is 14.5. The minimum atomic E-state index is -0.316. The maximum Gasteiger partial charge on any atom is 0.156 e. The zero-order valence-corrected chi connectivity index (χ0v) is 12.5. The quantitative estimate of drug-likeness (QED) is 0.805. The van der Waals surface area contributed by atoms with E-state index < -0.39 is 0 Å². The zero-order valence-electron chi connectivity index (χ0n) is 12.5. The summed E-state index contributed by atoms with van der Waals surface area (Å²) in [5, 5.41) is 0. The Labute approximate surface area is 125 Å². The number of hydrogen-bond donors (Lipinski definition) is 0. The van der Waals surface area contributed by atoms with E-state index in [1.165, 1.54) is 11.6 Å². The smallest absolute Gasteiger partial charge is 0.156 e. The number of rotatable bonds is 6. The van der Waals surface area contributed by atoms with E-state index in [0.717, 1.165) is 12.2 Å². The monoisotopic (exact) mass is 285 g/mol. The normalized spacial score (nSPS) is 10.4. The lowest BCUT2D eigenvalue weighted by atomic mass is 10.1. The third-order valence-electron chi connectivity index (χ3n) is 3.49. The lowest BCUT2D eigenvalue weighted by Gasteiger charge is -2.22. The van der Waals surface area contributed by atoms with E-state index in [1.54, 1.807) is 18.2 Å². The third kappa shape index (κ3) is 4.15. The van der Waals surface area contributed by atoms with Crippen molar-refractivity contribution in [1.29, 1.82) is 0 Å². The SMILES string of the molecule is CCN(CC(=O)Cc1ccccc1F)c1ccc(C)cc1. The van der Waals surface area contributed by atoms with Crippen molar-refractivity contribution in [3.8, 4) is 0 Å². The summed E-state index contributed by atoms with van der Waals surface area (Å²) < 4.78 is 13.6. The largest absolute Gasteiger partial charge is 0.364 e. The lowest BCUT2D eigenvalue weighted by Crippen LogP contribution is -2.30. The molecular formula is C18H20FNO. The summed E-state index contributed by atoms with van der Waals surface area (Å²) in [6.45, 7) is 5.08. The van der Waals surface area contributed by atoms with Gasteiger partial charge >= 0.3 is 0 Å². The van der Waals surface area contributed by atoms with Crippen LogP contribution in [0.25, 0.3) is 0 Å². The second-order valence-corrected chi connectivity index (χ2v) is 5.16. The molecule has 0 amide bonds. The Balaban J connectivity index is 2.03. The molecule has 0 N–H and O–H groups in total. The Morgan fingerprint density at radius 1 is 1.10 bits per heavy atom. The molecular weight excluding hydrogens is 265 g/mol. The molecule has 2 aromatic carbocycles. The van der Waals surface area contributed by atoms with Gasteiger partial charge in [0.25, 0.3) is 0 Å². The van der Waals surface area contributed by atoms with E-state index in [9.17, 15) is 9.18 Å². The van der Waals surface area contributed by atoms with Gasteiger partial charge in [0, 0.05) is 18.7 Å². The number of nitrogens with zero attached hydrogens (tertiary/aromatic N) is 1. The van der Waals surface area contributed by atoms with Crippen molar-refractivity contribution in [3.05, 3.63) is 65.5 Å². The molecule has 0 spiro atoms. The number of benzene rings is 2. The number of carbonyl (C=O) groups is 1. The number of ketones is 1. The molecule has 2 rings (SSSR count). The number of anilines is 1. The maximum atomic E-state index is 13.6. The van der Waals surface area contributed by atoms with Crippen LogP contribution in [0.2, 0.25) is 0 Å². The van der Waals surface area contributed by atoms with Crippen molar-refractivity contribution in [2.45, 2.75) is 20.3 Å². The average Bonchev–Trinajstić information content (AvgIpc) is 2.48. The van der Waals surface area contributed by atoms with Crippen LogP contribution in [-0.4, -0.2) is 18.9 Å². The Morgan fingerprint density at radius 2 is 1.76 bits per heavy atom. The summed E-state index contributed by atoms with van der Waals surface area (Å²) in [4.78, 5) is 14.2. The molecule has 21 heavy (non-hydrogen) atoms. The summed E-state index contributed by atoms with van der Waals surface area (Å²) >= 11 is 0. The fourth-order valence-corrected chi connectivity index (χ4v) is 2.26. The molecule has 0 heterocycles. The minimum absolute atomic E-state index is 0.0162. The zero-order chi connectivity index (χ0) is 15.2. The summed E-state index contributed by atoms with van der Waals surface area (Å²) in [5.41, 5.74) is 2.67. The van der Waals surface area contributed by atoms with Crippen molar-refractivity contribution >= 4 is 11.5 Å². The summed E-state index contributed by atoms with van der Waals surface area (Å²) in [5.74, 6) is -0.299. The van der Waals surface area contributed by atoms with Crippen molar-refractivity contribution in [1.82, 2.24) is 0 Å². The van der Waals surface area contributed by atoms with Crippen molar-refractivity contribution < 1.29 is 9.18 Å². The van der Waals surface area contributed by atoms with Gasteiger partial charge < -0.3 is 4.90 Å². The van der Waals surface area contributed by atoms with Crippen LogP contribution >= 0.6 is 0 Å². The van der Waals surface area contributed by atoms with E-state index in [2.05, 4.69) is 0 Å². The summed E-state index contributed by atoms with van der Waals surface area (Å²) in [6.07, 6.45) is 0.134. The van der Waals surface area contributed by atoms with E-state index in [-0.39, 0.29) is 18.0 Å². The molecule has 0 fully saturated rings. The standard InChI is InChI=1S/C18H20FNO/c1-3-20(16-10-8-14(2)9-11-16)13-17(21)12-15-6-4-5-7-18(15)19/h4-11H,3,12-13H2,1-2H3. The molecule has 0 aliphatic heterocycles. The maximum absolute atomic E-state index is 13.6. The number of likely N-dealkylation sites (N-methyl/N-ethyl adjacent to an activating group) is 1. The van der Waals surface area contributed by atoms with Crippen LogP contribution in [0.3, 0.4) is 0 Å². The molecule has 2 aromatic rings. The van der Waals surface area contributed by atoms with Crippen LogP contribution in [0, 0.1) is 12.7 Å². The third-order valence-corrected chi connectivity index (χ3v) is 3.49. The fraction of sp³-hybridized carbons (Fsp3) is 0.278. The molecule has 0 aliphatic rings. The Kier molecular flexibility index (Phi) is 5.09. The van der Waals surface area contributed by atoms with Gasteiger partial charge in [-0.15, -0.1) is 0 Å². The van der Waals surface area contributed by atoms with E-state index >= 15 is 0 Å². The molecule has 3 heteroatoms. The Bertz CT molecular complexity index is 607. The predicted molar refractivity (Wildman–Crippen MR) is 84.2 cm³/mol. The predicted octanol–water partition coefficient (Wildman–Crippen LogP) is 3.77. The van der Waals surface area contributed by atoms with E-state index in [4.69, 9.17) is 0 Å². The van der Waals surface area contributed by atoms with Crippen molar-refractivity contribution in [2.75, 3.05) is 18.0 Å². The van der Waals surface area contributed by atoms with Gasteiger partial charge in [-0.1, -0.05) is 35.9 Å². The van der Waals surface area contributed by atoms with Gasteiger partial charge in [0.2, 0.25) is 0 Å². The topological polar surface area (TPSA) is 20.3 Å². The molecule has 0 radical (unpaired) electrons. The first kappa shape index (κ1) is 15.2. The number of aryl methyl sites for hydroxylation is 1. The van der Waals surface area contributed by atoms with Gasteiger partial charge in [0.15, 0.2) is 5.78 Å². The molecule has 0 unspecified atom stereocenters. The van der Waals surface area contributed by atoms with Crippen molar-refractivity contribution in [2.24, 2.45) is 0 Å². The highest BCUT2D eigenvalue weighted by atomic mass is 19.1. The second-order valence-electron chi connectivity index (χ2n) is 5.16. The highest BCUT2D eigenvalue weighted by Crippen LogP contribution is 2.15. The highest BCUT2D eigenvalue weighted by Gasteiger charge is 2.12. The van der Waals surface area contributed by atoms with Gasteiger partial charge in [0.1, 0.15) is 5.82 Å².